The number of phenolic OH excluding ortho intramolecular Hbond substituents is 3. The van der Waals surface area contributed by atoms with E-state index in [1.54, 1.807) is 12.1 Å². The number of fused-ring (bicyclic) bond motifs is 1. The van der Waals surface area contributed by atoms with Gasteiger partial charge in [-0.3, -0.25) is 0 Å². The lowest BCUT2D eigenvalue weighted by Gasteiger charge is -2.02. The molecule has 0 aromatic heterocycles. The number of rotatable bonds is 0. The predicted molar refractivity (Wildman–Crippen MR) is 47.8 cm³/mol. The van der Waals surface area contributed by atoms with Crippen molar-refractivity contribution in [3.05, 3.63) is 30.3 Å². The van der Waals surface area contributed by atoms with Crippen molar-refractivity contribution in [2.45, 2.75) is 0 Å². The molecule has 0 heterocycles. The molecule has 0 atom stereocenters. The Morgan fingerprint density at radius 1 is 1.00 bits per heavy atom. The van der Waals surface area contributed by atoms with E-state index in [1.807, 2.05) is 0 Å². The minimum absolute atomic E-state index is 0.0105. The summed E-state index contributed by atoms with van der Waals surface area (Å²) in [7, 11) is 0. The minimum atomic E-state index is -0.188. The van der Waals surface area contributed by atoms with E-state index in [0.717, 1.165) is 0 Å². The molecule has 2 rings (SSSR count). The molecule has 0 amide bonds. The molecule has 0 saturated heterocycles. The molecule has 0 spiro atoms. The van der Waals surface area contributed by atoms with E-state index in [4.69, 9.17) is 5.11 Å². The zero-order valence-corrected chi connectivity index (χ0v) is 6.65. The highest BCUT2D eigenvalue weighted by Gasteiger charge is 2.05. The van der Waals surface area contributed by atoms with Crippen LogP contribution in [-0.2, 0) is 0 Å². The van der Waals surface area contributed by atoms with Gasteiger partial charge in [0.1, 0.15) is 17.2 Å². The van der Waals surface area contributed by atoms with Crippen LogP contribution in [-0.4, -0.2) is 15.3 Å². The third-order valence-corrected chi connectivity index (χ3v) is 1.84. The van der Waals surface area contributed by atoms with Crippen LogP contribution < -0.4 is 0 Å². The molecular formula is C10H7O3. The molecule has 3 heteroatoms. The van der Waals surface area contributed by atoms with Gasteiger partial charge in [0.15, 0.2) is 0 Å². The van der Waals surface area contributed by atoms with Gasteiger partial charge in [-0.1, -0.05) is 12.1 Å². The Bertz CT molecular complexity index is 463. The van der Waals surface area contributed by atoms with Crippen LogP contribution in [0.1, 0.15) is 0 Å². The first-order chi connectivity index (χ1) is 6.18. The molecule has 0 aliphatic heterocycles. The third kappa shape index (κ3) is 1.14. The number of benzene rings is 2. The largest absolute Gasteiger partial charge is 0.507 e. The Morgan fingerprint density at radius 3 is 2.54 bits per heavy atom. The Labute approximate surface area is 74.5 Å². The molecule has 65 valence electrons. The van der Waals surface area contributed by atoms with Crippen LogP contribution >= 0.6 is 0 Å². The predicted octanol–water partition coefficient (Wildman–Crippen LogP) is 1.76. The summed E-state index contributed by atoms with van der Waals surface area (Å²) in [4.78, 5) is 0. The van der Waals surface area contributed by atoms with Crippen molar-refractivity contribution >= 4 is 10.8 Å². The minimum Gasteiger partial charge on any atom is -0.507 e. The first kappa shape index (κ1) is 7.73. The van der Waals surface area contributed by atoms with Gasteiger partial charge in [-0.05, 0) is 6.07 Å². The molecule has 2 aromatic rings. The van der Waals surface area contributed by atoms with Crippen molar-refractivity contribution in [3.63, 3.8) is 0 Å². The van der Waals surface area contributed by atoms with Gasteiger partial charge in [0.05, 0.1) is 0 Å². The number of hydrogen-bond acceptors (Lipinski definition) is 3. The van der Waals surface area contributed by atoms with Crippen LogP contribution in [0.5, 0.6) is 17.2 Å². The Morgan fingerprint density at radius 2 is 1.77 bits per heavy atom. The molecule has 3 nitrogen and oxygen atoms in total. The molecule has 13 heavy (non-hydrogen) atoms. The van der Waals surface area contributed by atoms with E-state index in [2.05, 4.69) is 6.07 Å². The average Bonchev–Trinajstić information content (AvgIpc) is 2.07. The highest BCUT2D eigenvalue weighted by molar-refractivity contribution is 5.93. The smallest absolute Gasteiger partial charge is 0.128 e. The summed E-state index contributed by atoms with van der Waals surface area (Å²) in [5.41, 5.74) is 0. The average molecular weight is 175 g/mol. The summed E-state index contributed by atoms with van der Waals surface area (Å²) in [5.74, 6) is -0.266. The highest BCUT2D eigenvalue weighted by Crippen LogP contribution is 2.33. The van der Waals surface area contributed by atoms with Crippen molar-refractivity contribution in [1.82, 2.24) is 0 Å². The fourth-order valence-electron chi connectivity index (χ4n) is 1.26. The summed E-state index contributed by atoms with van der Waals surface area (Å²) in [6.07, 6.45) is 0. The van der Waals surface area contributed by atoms with Gasteiger partial charge in [-0.2, -0.15) is 0 Å². The summed E-state index contributed by atoms with van der Waals surface area (Å²) in [6, 6.07) is 8.45. The molecule has 2 aromatic carbocycles. The monoisotopic (exact) mass is 175 g/mol. The lowest BCUT2D eigenvalue weighted by atomic mass is 10.1. The molecule has 0 unspecified atom stereocenters. The van der Waals surface area contributed by atoms with E-state index < -0.39 is 0 Å². The molecule has 0 bridgehead atoms. The van der Waals surface area contributed by atoms with Crippen LogP contribution in [0.15, 0.2) is 24.3 Å². The van der Waals surface area contributed by atoms with Crippen molar-refractivity contribution < 1.29 is 15.3 Å². The standard InChI is InChI=1S/C10H7O3/c11-6-4-8-7(10(13)5-6)2-1-3-9(8)12/h1-3,5,11-13H. The lowest BCUT2D eigenvalue weighted by molar-refractivity contribution is 0.452. The zero-order valence-electron chi connectivity index (χ0n) is 6.65. The second kappa shape index (κ2) is 2.55. The fraction of sp³-hybridized carbons (Fsp3) is 0. The molecule has 0 aliphatic carbocycles. The SMILES string of the molecule is Oc1[c]c2c(O)cccc2c(O)c1. The van der Waals surface area contributed by atoms with Gasteiger partial charge in [0.2, 0.25) is 0 Å². The van der Waals surface area contributed by atoms with Gasteiger partial charge in [0, 0.05) is 22.9 Å². The van der Waals surface area contributed by atoms with E-state index in [0.29, 0.717) is 10.8 Å². The second-order valence-electron chi connectivity index (χ2n) is 2.74. The van der Waals surface area contributed by atoms with Gasteiger partial charge >= 0.3 is 0 Å². The van der Waals surface area contributed by atoms with Gasteiger partial charge < -0.3 is 15.3 Å². The fourth-order valence-corrected chi connectivity index (χ4v) is 1.26. The molecule has 0 saturated carbocycles. The van der Waals surface area contributed by atoms with Gasteiger partial charge in [0.25, 0.3) is 0 Å². The molecule has 0 aliphatic rings. The van der Waals surface area contributed by atoms with E-state index in [9.17, 15) is 10.2 Å². The van der Waals surface area contributed by atoms with E-state index in [-0.39, 0.29) is 17.2 Å². The first-order valence-corrected chi connectivity index (χ1v) is 3.74. The van der Waals surface area contributed by atoms with Gasteiger partial charge in [-0.25, -0.2) is 0 Å². The molecule has 0 fully saturated rings. The Kier molecular flexibility index (Phi) is 1.52. The Hall–Kier alpha value is -1.90. The normalized spacial score (nSPS) is 10.5. The maximum atomic E-state index is 9.39. The lowest BCUT2D eigenvalue weighted by Crippen LogP contribution is -1.76. The zero-order chi connectivity index (χ0) is 9.42. The van der Waals surface area contributed by atoms with Crippen LogP contribution in [0, 0.1) is 6.07 Å². The van der Waals surface area contributed by atoms with Crippen molar-refractivity contribution in [2.75, 3.05) is 0 Å². The number of aromatic hydroxyl groups is 3. The van der Waals surface area contributed by atoms with Crippen LogP contribution in [0.25, 0.3) is 10.8 Å². The van der Waals surface area contributed by atoms with Crippen LogP contribution in [0.3, 0.4) is 0 Å². The van der Waals surface area contributed by atoms with Crippen molar-refractivity contribution in [1.29, 1.82) is 0 Å². The van der Waals surface area contributed by atoms with E-state index >= 15 is 0 Å². The Balaban J connectivity index is 2.94. The topological polar surface area (TPSA) is 60.7 Å². The first-order valence-electron chi connectivity index (χ1n) is 3.74. The van der Waals surface area contributed by atoms with Crippen molar-refractivity contribution in [2.24, 2.45) is 0 Å². The number of hydrogen-bond donors (Lipinski definition) is 3. The summed E-state index contributed by atoms with van der Waals surface area (Å²) < 4.78 is 0. The number of phenols is 3. The van der Waals surface area contributed by atoms with Gasteiger partial charge in [-0.15, -0.1) is 0 Å². The summed E-state index contributed by atoms with van der Waals surface area (Å²) in [5, 5.41) is 28.7. The second-order valence-corrected chi connectivity index (χ2v) is 2.74. The quantitative estimate of drug-likeness (QED) is 0.571. The highest BCUT2D eigenvalue weighted by atomic mass is 16.3. The van der Waals surface area contributed by atoms with Crippen molar-refractivity contribution in [3.8, 4) is 17.2 Å². The maximum Gasteiger partial charge on any atom is 0.128 e. The van der Waals surface area contributed by atoms with Crippen LogP contribution in [0.2, 0.25) is 0 Å². The maximum absolute atomic E-state index is 9.39. The summed E-state index contributed by atoms with van der Waals surface area (Å²) in [6.45, 7) is 0. The third-order valence-electron chi connectivity index (χ3n) is 1.84. The van der Waals surface area contributed by atoms with E-state index in [1.165, 1.54) is 12.1 Å². The van der Waals surface area contributed by atoms with Crippen LogP contribution in [0.4, 0.5) is 0 Å². The molecule has 1 radical (unpaired) electrons. The molecular weight excluding hydrogens is 168 g/mol. The molecule has 3 N–H and O–H groups in total. The summed E-state index contributed by atoms with van der Waals surface area (Å²) >= 11 is 0.